The lowest BCUT2D eigenvalue weighted by atomic mass is 10.1. The van der Waals surface area contributed by atoms with E-state index in [0.29, 0.717) is 19.5 Å². The number of halogens is 2. The van der Waals surface area contributed by atoms with Crippen LogP contribution in [0.25, 0.3) is 0 Å². The van der Waals surface area contributed by atoms with Gasteiger partial charge in [-0.25, -0.2) is 0 Å². The number of terminal acetylenes is 1. The van der Waals surface area contributed by atoms with E-state index in [9.17, 15) is 13.6 Å². The predicted octanol–water partition coefficient (Wildman–Crippen LogP) is 2.27. The fraction of sp³-hybridized carbons (Fsp3) is 0.357. The molecular weight excluding hydrogens is 252 g/mol. The van der Waals surface area contributed by atoms with E-state index in [4.69, 9.17) is 6.42 Å². The predicted molar refractivity (Wildman–Crippen MR) is 65.4 cm³/mol. The maximum Gasteiger partial charge on any atom is 0.387 e. The molecule has 0 spiro atoms. The number of amides is 1. The van der Waals surface area contributed by atoms with Crippen molar-refractivity contribution >= 4 is 5.91 Å². The lowest BCUT2D eigenvalue weighted by Crippen LogP contribution is -2.24. The van der Waals surface area contributed by atoms with Crippen LogP contribution in [-0.2, 0) is 11.3 Å². The maximum absolute atomic E-state index is 12.1. The van der Waals surface area contributed by atoms with E-state index < -0.39 is 6.61 Å². The quantitative estimate of drug-likeness (QED) is 0.782. The van der Waals surface area contributed by atoms with E-state index in [-0.39, 0.29) is 17.6 Å². The Hall–Kier alpha value is -2.09. The van der Waals surface area contributed by atoms with Crippen molar-refractivity contribution in [3.05, 3.63) is 29.8 Å². The van der Waals surface area contributed by atoms with Gasteiger partial charge in [0.05, 0.1) is 0 Å². The number of ether oxygens (including phenoxy) is 1. The molecule has 1 saturated heterocycles. The Morgan fingerprint density at radius 1 is 1.53 bits per heavy atom. The zero-order valence-corrected chi connectivity index (χ0v) is 10.2. The monoisotopic (exact) mass is 265 g/mol. The minimum absolute atomic E-state index is 0.0110. The Bertz CT molecular complexity index is 510. The van der Waals surface area contributed by atoms with Gasteiger partial charge in [-0.2, -0.15) is 8.78 Å². The highest BCUT2D eigenvalue weighted by molar-refractivity contribution is 5.79. The zero-order chi connectivity index (χ0) is 13.8. The first-order chi connectivity index (χ1) is 9.08. The van der Waals surface area contributed by atoms with Crippen molar-refractivity contribution in [2.24, 2.45) is 5.92 Å². The molecule has 19 heavy (non-hydrogen) atoms. The molecule has 2 rings (SSSR count). The summed E-state index contributed by atoms with van der Waals surface area (Å²) < 4.78 is 28.5. The highest BCUT2D eigenvalue weighted by Gasteiger charge is 2.28. The van der Waals surface area contributed by atoms with Crippen LogP contribution in [0.15, 0.2) is 24.3 Å². The molecule has 1 fully saturated rings. The smallest absolute Gasteiger partial charge is 0.387 e. The summed E-state index contributed by atoms with van der Waals surface area (Å²) in [5, 5.41) is 0. The second-order valence-electron chi connectivity index (χ2n) is 4.37. The summed E-state index contributed by atoms with van der Waals surface area (Å²) in [5.41, 5.74) is 0.740. The molecule has 3 nitrogen and oxygen atoms in total. The number of carbonyl (C=O) groups is 1. The number of benzene rings is 1. The standard InChI is InChI=1S/C14H13F2NO2/c1-2-10-7-13(18)17(8-10)9-11-4-3-5-12(6-11)19-14(15)16/h1,3-6,10,14H,7-9H2. The van der Waals surface area contributed by atoms with Gasteiger partial charge < -0.3 is 9.64 Å². The molecule has 1 aliphatic rings. The van der Waals surface area contributed by atoms with Crippen LogP contribution in [0.2, 0.25) is 0 Å². The lowest BCUT2D eigenvalue weighted by Gasteiger charge is -2.16. The third-order valence-corrected chi connectivity index (χ3v) is 2.95. The van der Waals surface area contributed by atoms with E-state index in [2.05, 4.69) is 10.7 Å². The van der Waals surface area contributed by atoms with Gasteiger partial charge in [0.2, 0.25) is 5.91 Å². The van der Waals surface area contributed by atoms with Gasteiger partial charge in [-0.15, -0.1) is 12.3 Å². The number of carbonyl (C=O) groups excluding carboxylic acids is 1. The van der Waals surface area contributed by atoms with E-state index >= 15 is 0 Å². The minimum atomic E-state index is -2.85. The topological polar surface area (TPSA) is 29.5 Å². The Balaban J connectivity index is 2.03. The average Bonchev–Trinajstić information content (AvgIpc) is 2.70. The molecule has 1 aromatic carbocycles. The van der Waals surface area contributed by atoms with Crippen LogP contribution in [-0.4, -0.2) is 24.0 Å². The van der Waals surface area contributed by atoms with Crippen molar-refractivity contribution in [2.45, 2.75) is 19.6 Å². The maximum atomic E-state index is 12.1. The van der Waals surface area contributed by atoms with Gasteiger partial charge in [0.25, 0.3) is 0 Å². The van der Waals surface area contributed by atoms with Crippen molar-refractivity contribution in [1.82, 2.24) is 4.90 Å². The highest BCUT2D eigenvalue weighted by atomic mass is 19.3. The highest BCUT2D eigenvalue weighted by Crippen LogP contribution is 2.22. The molecule has 0 radical (unpaired) electrons. The fourth-order valence-electron chi connectivity index (χ4n) is 2.08. The molecular formula is C14H13F2NO2. The Labute approximate surface area is 110 Å². The molecule has 1 unspecified atom stereocenters. The van der Waals surface area contributed by atoms with E-state index in [0.717, 1.165) is 5.56 Å². The molecule has 1 heterocycles. The molecule has 100 valence electrons. The van der Waals surface area contributed by atoms with Crippen LogP contribution in [0.1, 0.15) is 12.0 Å². The van der Waals surface area contributed by atoms with Crippen LogP contribution in [0.4, 0.5) is 8.78 Å². The third-order valence-electron chi connectivity index (χ3n) is 2.95. The molecule has 1 aliphatic heterocycles. The van der Waals surface area contributed by atoms with Crippen LogP contribution < -0.4 is 4.74 Å². The van der Waals surface area contributed by atoms with Crippen molar-refractivity contribution in [3.8, 4) is 18.1 Å². The summed E-state index contributed by atoms with van der Waals surface area (Å²) in [6.45, 7) is -1.98. The normalized spacial score (nSPS) is 18.7. The summed E-state index contributed by atoms with van der Waals surface area (Å²) in [7, 11) is 0. The summed E-state index contributed by atoms with van der Waals surface area (Å²) in [4.78, 5) is 13.3. The second kappa shape index (κ2) is 5.70. The zero-order valence-electron chi connectivity index (χ0n) is 10.2. The van der Waals surface area contributed by atoms with E-state index in [1.165, 1.54) is 12.1 Å². The molecule has 0 N–H and O–H groups in total. The molecule has 1 atom stereocenters. The average molecular weight is 265 g/mol. The number of likely N-dealkylation sites (tertiary alicyclic amines) is 1. The third kappa shape index (κ3) is 3.44. The van der Waals surface area contributed by atoms with Gasteiger partial charge in [0, 0.05) is 25.4 Å². The van der Waals surface area contributed by atoms with Gasteiger partial charge in [0.1, 0.15) is 5.75 Å². The van der Waals surface area contributed by atoms with E-state index in [1.54, 1.807) is 17.0 Å². The lowest BCUT2D eigenvalue weighted by molar-refractivity contribution is -0.128. The van der Waals surface area contributed by atoms with Crippen molar-refractivity contribution in [3.63, 3.8) is 0 Å². The first kappa shape index (κ1) is 13.3. The van der Waals surface area contributed by atoms with Crippen molar-refractivity contribution < 1.29 is 18.3 Å². The summed E-state index contributed by atoms with van der Waals surface area (Å²) in [5.74, 6) is 2.58. The number of hydrogen-bond acceptors (Lipinski definition) is 2. The molecule has 0 aliphatic carbocycles. The van der Waals surface area contributed by atoms with Gasteiger partial charge in [-0.1, -0.05) is 12.1 Å². The van der Waals surface area contributed by atoms with Crippen molar-refractivity contribution in [2.75, 3.05) is 6.54 Å². The second-order valence-corrected chi connectivity index (χ2v) is 4.37. The molecule has 0 aromatic heterocycles. The van der Waals surface area contributed by atoms with Crippen LogP contribution >= 0.6 is 0 Å². The molecule has 1 amide bonds. The fourth-order valence-corrected chi connectivity index (χ4v) is 2.08. The summed E-state index contributed by atoms with van der Waals surface area (Å²) in [6.07, 6.45) is 5.65. The number of hydrogen-bond donors (Lipinski definition) is 0. The van der Waals surface area contributed by atoms with Gasteiger partial charge in [-0.3, -0.25) is 4.79 Å². The minimum Gasteiger partial charge on any atom is -0.435 e. The summed E-state index contributed by atoms with van der Waals surface area (Å²) >= 11 is 0. The first-order valence-corrected chi connectivity index (χ1v) is 5.86. The molecule has 0 saturated carbocycles. The van der Waals surface area contributed by atoms with Crippen LogP contribution in [0, 0.1) is 18.3 Å². The van der Waals surface area contributed by atoms with Crippen molar-refractivity contribution in [1.29, 1.82) is 0 Å². The van der Waals surface area contributed by atoms with Gasteiger partial charge >= 0.3 is 6.61 Å². The van der Waals surface area contributed by atoms with E-state index in [1.807, 2.05) is 0 Å². The molecule has 1 aromatic rings. The van der Waals surface area contributed by atoms with Crippen LogP contribution in [0.3, 0.4) is 0 Å². The first-order valence-electron chi connectivity index (χ1n) is 5.86. The Kier molecular flexibility index (Phi) is 4.00. The molecule has 5 heteroatoms. The Morgan fingerprint density at radius 2 is 2.32 bits per heavy atom. The van der Waals surface area contributed by atoms with Gasteiger partial charge in [-0.05, 0) is 17.7 Å². The number of nitrogens with zero attached hydrogens (tertiary/aromatic N) is 1. The van der Waals surface area contributed by atoms with Gasteiger partial charge in [0.15, 0.2) is 0 Å². The van der Waals surface area contributed by atoms with Crippen LogP contribution in [0.5, 0.6) is 5.75 Å². The number of alkyl halides is 2. The summed E-state index contributed by atoms with van der Waals surface area (Å²) in [6, 6.07) is 6.33. The molecule has 0 bridgehead atoms. The largest absolute Gasteiger partial charge is 0.435 e. The SMILES string of the molecule is C#CC1CC(=O)N(Cc2cccc(OC(F)F)c2)C1. The number of rotatable bonds is 4. The Morgan fingerprint density at radius 3 is 2.95 bits per heavy atom.